The zero-order valence-electron chi connectivity index (χ0n) is 11.2. The maximum atomic E-state index is 12.5. The van der Waals surface area contributed by atoms with E-state index >= 15 is 0 Å². The normalized spacial score (nSPS) is 15.1. The number of pyridine rings is 1. The molecule has 17 heavy (non-hydrogen) atoms. The van der Waals surface area contributed by atoms with Crippen LogP contribution >= 0.6 is 0 Å². The van der Waals surface area contributed by atoms with Crippen LogP contribution in [-0.2, 0) is 6.18 Å². The number of rotatable bonds is 1. The van der Waals surface area contributed by atoms with Crippen molar-refractivity contribution in [2.45, 2.75) is 6.18 Å². The van der Waals surface area contributed by atoms with Gasteiger partial charge in [0.1, 0.15) is 11.4 Å². The van der Waals surface area contributed by atoms with Gasteiger partial charge in [-0.1, -0.05) is 0 Å². The van der Waals surface area contributed by atoms with Crippen molar-refractivity contribution in [2.75, 3.05) is 7.04 Å². The predicted molar refractivity (Wildman–Crippen MR) is 53.0 cm³/mol. The Morgan fingerprint density at radius 1 is 1.47 bits per heavy atom. The van der Waals surface area contributed by atoms with Crippen LogP contribution in [0.15, 0.2) is 29.2 Å². The van der Waals surface area contributed by atoms with Crippen LogP contribution in [0.3, 0.4) is 0 Å². The molecule has 0 amide bonds. The molecule has 0 aliphatic heterocycles. The van der Waals surface area contributed by atoms with Crippen molar-refractivity contribution in [3.05, 3.63) is 40.4 Å². The fraction of sp³-hybridized carbons (Fsp3) is 0.200. The number of aromatic nitrogens is 2. The number of hydrogen-bond acceptors (Lipinski definition) is 3. The van der Waals surface area contributed by atoms with Gasteiger partial charge < -0.3 is 4.74 Å². The number of nitrogens with zero attached hydrogens (tertiary/aromatic N) is 2. The van der Waals surface area contributed by atoms with Gasteiger partial charge in [-0.25, -0.2) is 4.98 Å². The molecule has 0 atom stereocenters. The number of hydrogen-bond donors (Lipinski definition) is 0. The number of methoxy groups -OCH3 is 1. The molecular formula is C10H7F3N2O2. The van der Waals surface area contributed by atoms with E-state index in [0.29, 0.717) is 6.07 Å². The summed E-state index contributed by atoms with van der Waals surface area (Å²) in [6.45, 7) is 0. The van der Waals surface area contributed by atoms with Gasteiger partial charge in [-0.15, -0.1) is 0 Å². The van der Waals surface area contributed by atoms with E-state index in [0.717, 1.165) is 22.7 Å². The Morgan fingerprint density at radius 2 is 2.24 bits per heavy atom. The molecule has 2 aromatic rings. The average molecular weight is 247 g/mol. The lowest BCUT2D eigenvalue weighted by Crippen LogP contribution is -2.19. The van der Waals surface area contributed by atoms with Gasteiger partial charge in [0.15, 0.2) is 5.69 Å². The highest BCUT2D eigenvalue weighted by Gasteiger charge is 2.33. The predicted octanol–water partition coefficient (Wildman–Crippen LogP) is 1.72. The van der Waals surface area contributed by atoms with E-state index in [1.165, 1.54) is 0 Å². The Kier molecular flexibility index (Phi) is 1.79. The van der Waals surface area contributed by atoms with E-state index in [2.05, 4.69) is 9.72 Å². The van der Waals surface area contributed by atoms with Crippen LogP contribution in [0.5, 0.6) is 5.75 Å². The molecule has 0 bridgehead atoms. The molecule has 0 spiro atoms. The first-order chi connectivity index (χ1) is 9.06. The minimum atomic E-state index is -4.77. The summed E-state index contributed by atoms with van der Waals surface area (Å²) in [7, 11) is -2.75. The third kappa shape index (κ3) is 2.08. The van der Waals surface area contributed by atoms with Crippen molar-refractivity contribution in [1.82, 2.24) is 9.38 Å². The van der Waals surface area contributed by atoms with Gasteiger partial charge in [-0.05, 0) is 6.07 Å². The molecule has 0 saturated heterocycles. The van der Waals surface area contributed by atoms with Crippen molar-refractivity contribution in [2.24, 2.45) is 0 Å². The number of ether oxygens (including phenoxy) is 1. The van der Waals surface area contributed by atoms with Crippen LogP contribution < -0.4 is 10.3 Å². The molecule has 0 aliphatic carbocycles. The number of halogens is 3. The van der Waals surface area contributed by atoms with E-state index in [1.807, 2.05) is 0 Å². The van der Waals surface area contributed by atoms with Gasteiger partial charge in [-0.2, -0.15) is 13.2 Å². The molecule has 0 saturated carbocycles. The average Bonchev–Trinajstić information content (AvgIpc) is 2.24. The summed E-state index contributed by atoms with van der Waals surface area (Å²) in [5.41, 5.74) is -2.64. The van der Waals surface area contributed by atoms with Crippen LogP contribution in [0.2, 0.25) is 0 Å². The molecule has 0 radical (unpaired) electrons. The molecule has 2 aromatic heterocycles. The Labute approximate surface area is 97.5 Å². The lowest BCUT2D eigenvalue weighted by molar-refractivity contribution is -0.141. The smallest absolute Gasteiger partial charge is 0.433 e. The zero-order chi connectivity index (χ0) is 15.1. The lowest BCUT2D eigenvalue weighted by atomic mass is 10.3. The van der Waals surface area contributed by atoms with Crippen LogP contribution in [0.4, 0.5) is 13.2 Å². The molecule has 0 aliphatic rings. The van der Waals surface area contributed by atoms with E-state index in [4.69, 9.17) is 4.11 Å². The number of fused-ring (bicyclic) bond motifs is 1. The van der Waals surface area contributed by atoms with Crippen LogP contribution in [-0.4, -0.2) is 16.4 Å². The monoisotopic (exact) mass is 247 g/mol. The molecule has 2 rings (SSSR count). The second-order valence-corrected chi connectivity index (χ2v) is 3.17. The Hall–Kier alpha value is -2.05. The second-order valence-electron chi connectivity index (χ2n) is 3.17. The quantitative estimate of drug-likeness (QED) is 0.770. The summed E-state index contributed by atoms with van der Waals surface area (Å²) < 4.78 is 63.7. The minimum Gasteiger partial charge on any atom is -0.497 e. The molecule has 0 aromatic carbocycles. The lowest BCUT2D eigenvalue weighted by Gasteiger charge is -2.07. The third-order valence-corrected chi connectivity index (χ3v) is 2.05. The zero-order valence-corrected chi connectivity index (χ0v) is 8.15. The summed E-state index contributed by atoms with van der Waals surface area (Å²) in [6, 6.07) is 2.45. The van der Waals surface area contributed by atoms with Crippen LogP contribution in [0, 0.1) is 0 Å². The van der Waals surface area contributed by atoms with E-state index in [9.17, 15) is 18.0 Å². The first kappa shape index (κ1) is 8.10. The first-order valence-electron chi connectivity index (χ1n) is 5.86. The molecular weight excluding hydrogens is 237 g/mol. The summed E-state index contributed by atoms with van der Waals surface area (Å²) >= 11 is 0. The second kappa shape index (κ2) is 3.76. The van der Waals surface area contributed by atoms with Crippen LogP contribution in [0.25, 0.3) is 5.65 Å². The fourth-order valence-corrected chi connectivity index (χ4v) is 1.29. The Balaban J connectivity index is 2.58. The summed E-state index contributed by atoms with van der Waals surface area (Å²) in [5.74, 6) is -0.212. The van der Waals surface area contributed by atoms with E-state index in [-0.39, 0.29) is 11.4 Å². The molecule has 90 valence electrons. The van der Waals surface area contributed by atoms with Gasteiger partial charge in [0.2, 0.25) is 0 Å². The van der Waals surface area contributed by atoms with Crippen molar-refractivity contribution in [1.29, 1.82) is 0 Å². The van der Waals surface area contributed by atoms with Crippen molar-refractivity contribution < 1.29 is 22.0 Å². The largest absolute Gasteiger partial charge is 0.497 e. The summed E-state index contributed by atoms with van der Waals surface area (Å²) in [5, 5.41) is 0. The summed E-state index contributed by atoms with van der Waals surface area (Å²) in [6.07, 6.45) is -3.68. The maximum absolute atomic E-state index is 12.5. The third-order valence-electron chi connectivity index (χ3n) is 2.05. The summed E-state index contributed by atoms with van der Waals surface area (Å²) in [4.78, 5) is 14.8. The van der Waals surface area contributed by atoms with Gasteiger partial charge in [0, 0.05) is 18.3 Å². The van der Waals surface area contributed by atoms with Crippen molar-refractivity contribution in [3.63, 3.8) is 0 Å². The highest BCUT2D eigenvalue weighted by Crippen LogP contribution is 2.27. The highest BCUT2D eigenvalue weighted by atomic mass is 19.4. The minimum absolute atomic E-state index is 0.212. The molecule has 0 unspecified atom stereocenters. The highest BCUT2D eigenvalue weighted by molar-refractivity contribution is 5.44. The molecule has 0 N–H and O–H groups in total. The molecule has 2 heterocycles. The molecule has 7 heteroatoms. The van der Waals surface area contributed by atoms with Gasteiger partial charge in [0.05, 0.1) is 11.2 Å². The van der Waals surface area contributed by atoms with Crippen molar-refractivity contribution >= 4 is 5.65 Å². The Bertz CT molecular complexity index is 709. The Morgan fingerprint density at radius 3 is 2.88 bits per heavy atom. The number of alkyl halides is 3. The van der Waals surface area contributed by atoms with Gasteiger partial charge >= 0.3 is 6.18 Å². The standard InChI is InChI=1S/C10H7F3N2O2/c1-17-6-2-3-15-8(4-6)14-7(5-9(15)16)10(11,12)13/h2-5H,1H3/i1D3. The maximum Gasteiger partial charge on any atom is 0.433 e. The SMILES string of the molecule is [2H]C([2H])([2H])Oc1ccn2c(=O)cc(C(F)(F)F)nc2c1. The first-order valence-corrected chi connectivity index (χ1v) is 4.36. The molecule has 4 nitrogen and oxygen atoms in total. The van der Waals surface area contributed by atoms with Gasteiger partial charge in [-0.3, -0.25) is 9.20 Å². The van der Waals surface area contributed by atoms with Crippen molar-refractivity contribution in [3.8, 4) is 5.75 Å². The fourth-order valence-electron chi connectivity index (χ4n) is 1.29. The van der Waals surface area contributed by atoms with E-state index in [1.54, 1.807) is 0 Å². The van der Waals surface area contributed by atoms with E-state index < -0.39 is 24.5 Å². The molecule has 0 fully saturated rings. The van der Waals surface area contributed by atoms with Gasteiger partial charge in [0.25, 0.3) is 5.56 Å². The topological polar surface area (TPSA) is 43.6 Å². The van der Waals surface area contributed by atoms with Crippen LogP contribution in [0.1, 0.15) is 9.81 Å².